The normalized spacial score (nSPS) is 11.5. The Morgan fingerprint density at radius 3 is 2.56 bits per heavy atom. The number of nitrogens with zero attached hydrogens (tertiary/aromatic N) is 3. The van der Waals surface area contributed by atoms with Gasteiger partial charge < -0.3 is 10.6 Å². The third-order valence-corrected chi connectivity index (χ3v) is 2.44. The van der Waals surface area contributed by atoms with Gasteiger partial charge in [0.25, 0.3) is 5.91 Å². The molecular weight excluding hydrogens is 245 g/mol. The standard InChI is InChI=1S/C7H9F3N4OS/c1-14(3-2-7(8,9)10)5(15)4-12-13-6(11)16-4/h2-3H2,1H3,(H2,11,13). The van der Waals surface area contributed by atoms with Crippen LogP contribution in [0.3, 0.4) is 0 Å². The SMILES string of the molecule is CN(CCC(F)(F)F)C(=O)c1nnc(N)s1. The van der Waals surface area contributed by atoms with E-state index in [1.165, 1.54) is 7.05 Å². The number of nitrogen functional groups attached to an aromatic ring is 1. The van der Waals surface area contributed by atoms with Gasteiger partial charge in [-0.3, -0.25) is 4.79 Å². The highest BCUT2D eigenvalue weighted by Gasteiger charge is 2.28. The summed E-state index contributed by atoms with van der Waals surface area (Å²) in [5, 5.41) is 6.95. The lowest BCUT2D eigenvalue weighted by atomic mass is 10.4. The van der Waals surface area contributed by atoms with Gasteiger partial charge in [0.15, 0.2) is 0 Å². The summed E-state index contributed by atoms with van der Waals surface area (Å²) in [5.74, 6) is -0.613. The zero-order valence-corrected chi connectivity index (χ0v) is 9.10. The van der Waals surface area contributed by atoms with Crippen LogP contribution in [0.5, 0.6) is 0 Å². The summed E-state index contributed by atoms with van der Waals surface area (Å²) in [4.78, 5) is 12.4. The molecule has 0 aliphatic rings. The van der Waals surface area contributed by atoms with Crippen molar-refractivity contribution in [2.24, 2.45) is 0 Å². The van der Waals surface area contributed by atoms with Crippen LogP contribution in [0.25, 0.3) is 0 Å². The van der Waals surface area contributed by atoms with Crippen LogP contribution in [0.1, 0.15) is 16.2 Å². The van der Waals surface area contributed by atoms with Gasteiger partial charge in [-0.25, -0.2) is 0 Å². The summed E-state index contributed by atoms with van der Waals surface area (Å²) in [5.41, 5.74) is 5.25. The maximum atomic E-state index is 11.9. The molecule has 0 aliphatic carbocycles. The van der Waals surface area contributed by atoms with E-state index in [-0.39, 0.29) is 10.1 Å². The van der Waals surface area contributed by atoms with Crippen molar-refractivity contribution in [3.05, 3.63) is 5.01 Å². The van der Waals surface area contributed by atoms with Gasteiger partial charge in [0.1, 0.15) is 0 Å². The fraction of sp³-hybridized carbons (Fsp3) is 0.571. The minimum Gasteiger partial charge on any atom is -0.374 e. The first-order valence-corrected chi connectivity index (χ1v) is 5.02. The first kappa shape index (κ1) is 12.7. The third-order valence-electron chi connectivity index (χ3n) is 1.70. The molecule has 0 bridgehead atoms. The predicted molar refractivity (Wildman–Crippen MR) is 52.0 cm³/mol. The molecule has 0 saturated carbocycles. The second-order valence-corrected chi connectivity index (χ2v) is 4.05. The minimum absolute atomic E-state index is 0.0119. The number of carbonyl (C=O) groups is 1. The first-order valence-electron chi connectivity index (χ1n) is 4.21. The van der Waals surface area contributed by atoms with E-state index in [9.17, 15) is 18.0 Å². The van der Waals surface area contributed by atoms with Gasteiger partial charge >= 0.3 is 6.18 Å². The highest BCUT2D eigenvalue weighted by atomic mass is 32.1. The number of nitrogens with two attached hydrogens (primary N) is 1. The molecule has 0 fully saturated rings. The Labute approximate surface area is 93.1 Å². The second-order valence-electron chi connectivity index (χ2n) is 3.04. The Balaban J connectivity index is 2.55. The van der Waals surface area contributed by atoms with Crippen molar-refractivity contribution in [3.8, 4) is 0 Å². The van der Waals surface area contributed by atoms with Crippen LogP contribution in [0.15, 0.2) is 0 Å². The van der Waals surface area contributed by atoms with Crippen LogP contribution in [-0.4, -0.2) is 40.8 Å². The van der Waals surface area contributed by atoms with E-state index < -0.39 is 25.0 Å². The summed E-state index contributed by atoms with van der Waals surface area (Å²) in [6.45, 7) is -0.415. The van der Waals surface area contributed by atoms with Crippen molar-refractivity contribution in [1.29, 1.82) is 0 Å². The lowest BCUT2D eigenvalue weighted by Crippen LogP contribution is -2.30. The summed E-state index contributed by atoms with van der Waals surface area (Å²) in [6.07, 6.45) is -5.34. The van der Waals surface area contributed by atoms with Crippen molar-refractivity contribution in [2.75, 3.05) is 19.3 Å². The van der Waals surface area contributed by atoms with Crippen molar-refractivity contribution in [3.63, 3.8) is 0 Å². The Kier molecular flexibility index (Phi) is 3.68. The molecule has 1 heterocycles. The number of amides is 1. The van der Waals surface area contributed by atoms with E-state index >= 15 is 0 Å². The number of alkyl halides is 3. The van der Waals surface area contributed by atoms with Crippen molar-refractivity contribution < 1.29 is 18.0 Å². The Hall–Kier alpha value is -1.38. The van der Waals surface area contributed by atoms with E-state index in [0.29, 0.717) is 0 Å². The Morgan fingerprint density at radius 2 is 2.12 bits per heavy atom. The van der Waals surface area contributed by atoms with E-state index in [1.54, 1.807) is 0 Å². The molecule has 16 heavy (non-hydrogen) atoms. The number of halogens is 3. The molecule has 1 aromatic rings. The lowest BCUT2D eigenvalue weighted by molar-refractivity contribution is -0.136. The minimum atomic E-state index is -4.28. The number of rotatable bonds is 3. The number of hydrogen-bond acceptors (Lipinski definition) is 5. The van der Waals surface area contributed by atoms with Crippen LogP contribution in [0.2, 0.25) is 0 Å². The monoisotopic (exact) mass is 254 g/mol. The molecule has 90 valence electrons. The fourth-order valence-corrected chi connectivity index (χ4v) is 1.48. The predicted octanol–water partition coefficient (Wildman–Crippen LogP) is 1.14. The first-order chi connectivity index (χ1) is 7.29. The van der Waals surface area contributed by atoms with Gasteiger partial charge in [0, 0.05) is 13.6 Å². The average molecular weight is 254 g/mol. The quantitative estimate of drug-likeness (QED) is 0.878. The topological polar surface area (TPSA) is 72.1 Å². The highest BCUT2D eigenvalue weighted by Crippen LogP contribution is 2.20. The van der Waals surface area contributed by atoms with Gasteiger partial charge in [-0.2, -0.15) is 13.2 Å². The van der Waals surface area contributed by atoms with Gasteiger partial charge in [0.2, 0.25) is 10.1 Å². The Bertz CT molecular complexity index is 378. The molecule has 0 aromatic carbocycles. The van der Waals surface area contributed by atoms with E-state index in [1.807, 2.05) is 0 Å². The number of anilines is 1. The van der Waals surface area contributed by atoms with E-state index in [4.69, 9.17) is 5.73 Å². The molecule has 1 amide bonds. The number of carbonyl (C=O) groups excluding carboxylic acids is 1. The molecule has 2 N–H and O–H groups in total. The van der Waals surface area contributed by atoms with Crippen molar-refractivity contribution >= 4 is 22.4 Å². The average Bonchev–Trinajstić information content (AvgIpc) is 2.59. The molecule has 0 saturated heterocycles. The van der Waals surface area contributed by atoms with Gasteiger partial charge in [-0.15, -0.1) is 10.2 Å². The molecule has 5 nitrogen and oxygen atoms in total. The van der Waals surface area contributed by atoms with Gasteiger partial charge in [0.05, 0.1) is 6.42 Å². The van der Waals surface area contributed by atoms with Gasteiger partial charge in [-0.1, -0.05) is 11.3 Å². The smallest absolute Gasteiger partial charge is 0.374 e. The van der Waals surface area contributed by atoms with Crippen LogP contribution in [-0.2, 0) is 0 Å². The van der Waals surface area contributed by atoms with Crippen LogP contribution in [0, 0.1) is 0 Å². The zero-order valence-electron chi connectivity index (χ0n) is 8.28. The molecule has 0 atom stereocenters. The number of aromatic nitrogens is 2. The van der Waals surface area contributed by atoms with Gasteiger partial charge in [-0.05, 0) is 0 Å². The molecule has 1 aromatic heterocycles. The molecule has 0 radical (unpaired) electrons. The zero-order chi connectivity index (χ0) is 12.3. The second kappa shape index (κ2) is 4.64. The number of hydrogen-bond donors (Lipinski definition) is 1. The highest BCUT2D eigenvalue weighted by molar-refractivity contribution is 7.16. The molecular formula is C7H9F3N4OS. The van der Waals surface area contributed by atoms with Crippen molar-refractivity contribution in [1.82, 2.24) is 15.1 Å². The maximum Gasteiger partial charge on any atom is 0.390 e. The summed E-state index contributed by atoms with van der Waals surface area (Å²) in [6, 6.07) is 0. The molecule has 0 unspecified atom stereocenters. The summed E-state index contributed by atoms with van der Waals surface area (Å²) < 4.78 is 35.7. The molecule has 0 spiro atoms. The summed E-state index contributed by atoms with van der Waals surface area (Å²) >= 11 is 0.841. The molecule has 9 heteroatoms. The fourth-order valence-electron chi connectivity index (χ4n) is 0.880. The van der Waals surface area contributed by atoms with Crippen LogP contribution in [0.4, 0.5) is 18.3 Å². The largest absolute Gasteiger partial charge is 0.390 e. The lowest BCUT2D eigenvalue weighted by Gasteiger charge is -2.16. The third kappa shape index (κ3) is 3.65. The van der Waals surface area contributed by atoms with Crippen molar-refractivity contribution in [2.45, 2.75) is 12.6 Å². The van der Waals surface area contributed by atoms with E-state index in [0.717, 1.165) is 16.2 Å². The maximum absolute atomic E-state index is 11.9. The van der Waals surface area contributed by atoms with E-state index in [2.05, 4.69) is 10.2 Å². The summed E-state index contributed by atoms with van der Waals surface area (Å²) in [7, 11) is 1.27. The molecule has 1 rings (SSSR count). The Morgan fingerprint density at radius 1 is 1.50 bits per heavy atom. The molecule has 0 aliphatic heterocycles. The van der Waals surface area contributed by atoms with Crippen LogP contribution < -0.4 is 5.73 Å². The van der Waals surface area contributed by atoms with Crippen LogP contribution >= 0.6 is 11.3 Å².